The summed E-state index contributed by atoms with van der Waals surface area (Å²) in [5, 5.41) is 0. The average molecular weight is 347 g/mol. The number of fused-ring (bicyclic) bond motifs is 1. The molecular formula is C22H21NO3. The fourth-order valence-electron chi connectivity index (χ4n) is 3.83. The molecular weight excluding hydrogens is 326 g/mol. The fourth-order valence-corrected chi connectivity index (χ4v) is 3.83. The van der Waals surface area contributed by atoms with Crippen LogP contribution in [0.2, 0.25) is 0 Å². The molecule has 0 radical (unpaired) electrons. The summed E-state index contributed by atoms with van der Waals surface area (Å²) >= 11 is 0. The van der Waals surface area contributed by atoms with E-state index in [4.69, 9.17) is 4.74 Å². The molecule has 2 aromatic rings. The molecule has 2 aliphatic rings. The Labute approximate surface area is 153 Å². The first-order valence-corrected chi connectivity index (χ1v) is 8.96. The van der Waals surface area contributed by atoms with Crippen molar-refractivity contribution in [2.24, 2.45) is 17.8 Å². The molecule has 4 rings (SSSR count). The zero-order valence-corrected chi connectivity index (χ0v) is 14.7. The quantitative estimate of drug-likeness (QED) is 0.621. The number of carbonyl (C=O) groups excluding carboxylic acids is 2. The maximum absolute atomic E-state index is 12.8. The second-order valence-corrected chi connectivity index (χ2v) is 6.94. The van der Waals surface area contributed by atoms with Crippen LogP contribution < -0.4 is 9.64 Å². The van der Waals surface area contributed by atoms with Crippen LogP contribution in [-0.4, -0.2) is 11.8 Å². The van der Waals surface area contributed by atoms with Gasteiger partial charge in [0.1, 0.15) is 12.4 Å². The highest BCUT2D eigenvalue weighted by atomic mass is 16.5. The molecule has 26 heavy (non-hydrogen) atoms. The van der Waals surface area contributed by atoms with Crippen LogP contribution >= 0.6 is 0 Å². The summed E-state index contributed by atoms with van der Waals surface area (Å²) in [7, 11) is 0. The van der Waals surface area contributed by atoms with Crippen molar-refractivity contribution >= 4 is 17.5 Å². The fraction of sp³-hybridized carbons (Fsp3) is 0.273. The minimum absolute atomic E-state index is 0.0881. The van der Waals surface area contributed by atoms with Gasteiger partial charge in [0.05, 0.1) is 17.5 Å². The smallest absolute Gasteiger partial charge is 0.238 e. The topological polar surface area (TPSA) is 46.6 Å². The Balaban J connectivity index is 1.48. The summed E-state index contributed by atoms with van der Waals surface area (Å²) < 4.78 is 5.78. The van der Waals surface area contributed by atoms with Gasteiger partial charge in [-0.15, -0.1) is 0 Å². The summed E-state index contributed by atoms with van der Waals surface area (Å²) in [5.41, 5.74) is 1.71. The van der Waals surface area contributed by atoms with Gasteiger partial charge in [-0.25, -0.2) is 0 Å². The van der Waals surface area contributed by atoms with E-state index in [9.17, 15) is 9.59 Å². The van der Waals surface area contributed by atoms with E-state index in [-0.39, 0.29) is 29.6 Å². The number of ether oxygens (including phenoxy) is 1. The van der Waals surface area contributed by atoms with Crippen molar-refractivity contribution in [2.75, 3.05) is 4.90 Å². The molecule has 2 amide bonds. The second kappa shape index (κ2) is 6.79. The molecule has 0 bridgehead atoms. The Morgan fingerprint density at radius 1 is 1.00 bits per heavy atom. The molecule has 1 fully saturated rings. The van der Waals surface area contributed by atoms with Gasteiger partial charge in [-0.2, -0.15) is 0 Å². The Morgan fingerprint density at radius 2 is 1.73 bits per heavy atom. The third-order valence-electron chi connectivity index (χ3n) is 5.22. The highest BCUT2D eigenvalue weighted by Gasteiger charge is 2.50. The Morgan fingerprint density at radius 3 is 2.42 bits per heavy atom. The van der Waals surface area contributed by atoms with Gasteiger partial charge in [0.25, 0.3) is 0 Å². The largest absolute Gasteiger partial charge is 0.489 e. The van der Waals surface area contributed by atoms with Gasteiger partial charge in [0.2, 0.25) is 11.8 Å². The lowest BCUT2D eigenvalue weighted by Gasteiger charge is -2.22. The van der Waals surface area contributed by atoms with Gasteiger partial charge in [-0.3, -0.25) is 14.5 Å². The number of carbonyl (C=O) groups is 2. The van der Waals surface area contributed by atoms with Gasteiger partial charge in [-0.1, -0.05) is 49.4 Å². The maximum atomic E-state index is 12.8. The van der Waals surface area contributed by atoms with Crippen molar-refractivity contribution < 1.29 is 14.3 Å². The molecule has 0 spiro atoms. The lowest BCUT2D eigenvalue weighted by molar-refractivity contribution is -0.122. The van der Waals surface area contributed by atoms with Gasteiger partial charge < -0.3 is 4.74 Å². The van der Waals surface area contributed by atoms with Crippen LogP contribution in [0.5, 0.6) is 5.75 Å². The lowest BCUT2D eigenvalue weighted by atomic mass is 9.78. The highest BCUT2D eigenvalue weighted by molar-refractivity contribution is 6.22. The Hall–Kier alpha value is -2.88. The molecule has 1 saturated heterocycles. The van der Waals surface area contributed by atoms with Crippen LogP contribution in [-0.2, 0) is 16.2 Å². The molecule has 132 valence electrons. The van der Waals surface area contributed by atoms with Gasteiger partial charge in [-0.05, 0) is 42.2 Å². The van der Waals surface area contributed by atoms with Gasteiger partial charge in [0.15, 0.2) is 0 Å². The predicted molar refractivity (Wildman–Crippen MR) is 99.6 cm³/mol. The Kier molecular flexibility index (Phi) is 4.33. The van der Waals surface area contributed by atoms with Crippen LogP contribution in [0.1, 0.15) is 18.9 Å². The second-order valence-electron chi connectivity index (χ2n) is 6.94. The predicted octanol–water partition coefficient (Wildman–Crippen LogP) is 3.97. The molecule has 1 aliphatic heterocycles. The van der Waals surface area contributed by atoms with Crippen molar-refractivity contribution in [1.82, 2.24) is 0 Å². The number of amides is 2. The standard InChI is InChI=1S/C22H21NO3/c1-15-6-5-9-19-20(15)22(25)23(21(19)24)17-10-12-18(13-11-17)26-14-16-7-3-2-4-8-16/h2-8,10-13,15,19-20H,9,14H2,1H3/t15-,19+,20-/m1/s1. The third kappa shape index (κ3) is 2.92. The van der Waals surface area contributed by atoms with E-state index in [0.29, 0.717) is 24.5 Å². The van der Waals surface area contributed by atoms with E-state index in [1.165, 1.54) is 4.90 Å². The Bertz CT molecular complexity index is 841. The molecule has 4 heteroatoms. The SMILES string of the molecule is C[C@@H]1C=CC[C@@H]2C(=O)N(c3ccc(OCc4ccccc4)cc3)C(=O)[C@H]12. The van der Waals surface area contributed by atoms with E-state index < -0.39 is 0 Å². The zero-order chi connectivity index (χ0) is 18.1. The van der Waals surface area contributed by atoms with Gasteiger partial charge in [0, 0.05) is 0 Å². The van der Waals surface area contributed by atoms with E-state index in [1.807, 2.05) is 61.5 Å². The van der Waals surface area contributed by atoms with E-state index in [2.05, 4.69) is 0 Å². The molecule has 1 aliphatic carbocycles. The van der Waals surface area contributed by atoms with Crippen molar-refractivity contribution in [3.05, 3.63) is 72.3 Å². The number of allylic oxidation sites excluding steroid dienone is 2. The van der Waals surface area contributed by atoms with Gasteiger partial charge >= 0.3 is 0 Å². The number of rotatable bonds is 4. The number of nitrogens with zero attached hydrogens (tertiary/aromatic N) is 1. The summed E-state index contributed by atoms with van der Waals surface area (Å²) in [6, 6.07) is 17.1. The van der Waals surface area contributed by atoms with Crippen molar-refractivity contribution in [1.29, 1.82) is 0 Å². The van der Waals surface area contributed by atoms with Crippen LogP contribution in [0.15, 0.2) is 66.7 Å². The van der Waals surface area contributed by atoms with Crippen LogP contribution in [0, 0.1) is 17.8 Å². The number of anilines is 1. The normalized spacial score (nSPS) is 24.7. The number of imide groups is 1. The first-order chi connectivity index (χ1) is 12.6. The molecule has 0 saturated carbocycles. The molecule has 2 aromatic carbocycles. The zero-order valence-electron chi connectivity index (χ0n) is 14.7. The third-order valence-corrected chi connectivity index (χ3v) is 5.22. The number of hydrogen-bond donors (Lipinski definition) is 0. The summed E-state index contributed by atoms with van der Waals surface area (Å²) in [6.45, 7) is 2.48. The minimum atomic E-state index is -0.235. The van der Waals surface area contributed by atoms with Crippen LogP contribution in [0.25, 0.3) is 0 Å². The van der Waals surface area contributed by atoms with Crippen LogP contribution in [0.4, 0.5) is 5.69 Å². The minimum Gasteiger partial charge on any atom is -0.489 e. The van der Waals surface area contributed by atoms with Crippen molar-refractivity contribution in [3.63, 3.8) is 0 Å². The number of benzene rings is 2. The monoisotopic (exact) mass is 347 g/mol. The lowest BCUT2D eigenvalue weighted by Crippen LogP contribution is -2.31. The first kappa shape index (κ1) is 16.6. The molecule has 0 aromatic heterocycles. The summed E-state index contributed by atoms with van der Waals surface area (Å²) in [6.07, 6.45) is 4.70. The summed E-state index contributed by atoms with van der Waals surface area (Å²) in [5.74, 6) is 0.176. The maximum Gasteiger partial charge on any atom is 0.238 e. The van der Waals surface area contributed by atoms with Crippen molar-refractivity contribution in [3.8, 4) is 5.75 Å². The number of hydrogen-bond acceptors (Lipinski definition) is 3. The van der Waals surface area contributed by atoms with Crippen LogP contribution in [0.3, 0.4) is 0 Å². The van der Waals surface area contributed by atoms with E-state index >= 15 is 0 Å². The van der Waals surface area contributed by atoms with Crippen molar-refractivity contribution in [2.45, 2.75) is 20.0 Å². The van der Waals surface area contributed by atoms with E-state index in [1.54, 1.807) is 12.1 Å². The molecule has 1 heterocycles. The molecule has 0 N–H and O–H groups in total. The highest BCUT2D eigenvalue weighted by Crippen LogP contribution is 2.40. The first-order valence-electron chi connectivity index (χ1n) is 8.96. The molecule has 3 atom stereocenters. The molecule has 4 nitrogen and oxygen atoms in total. The summed E-state index contributed by atoms with van der Waals surface area (Å²) in [4.78, 5) is 26.9. The molecule has 0 unspecified atom stereocenters. The van der Waals surface area contributed by atoms with E-state index in [0.717, 1.165) is 5.56 Å². The average Bonchev–Trinajstić information content (AvgIpc) is 2.93.